The lowest BCUT2D eigenvalue weighted by Crippen LogP contribution is -2.39. The zero-order valence-corrected chi connectivity index (χ0v) is 13.9. The molecule has 1 aliphatic rings. The molecule has 130 valence electrons. The van der Waals surface area contributed by atoms with Gasteiger partial charge in [0.15, 0.2) is 0 Å². The molecule has 1 aliphatic carbocycles. The number of carbonyl (C=O) groups is 1. The number of nitro groups is 1. The minimum Gasteiger partial charge on any atom is -0.497 e. The van der Waals surface area contributed by atoms with E-state index in [2.05, 4.69) is 4.98 Å². The average Bonchev–Trinajstić information content (AvgIpc) is 3.12. The maximum absolute atomic E-state index is 12.1. The molecule has 0 bridgehead atoms. The van der Waals surface area contributed by atoms with Gasteiger partial charge in [0.05, 0.1) is 34.8 Å². The van der Waals surface area contributed by atoms with Gasteiger partial charge in [0.1, 0.15) is 5.75 Å². The molecule has 7 nitrogen and oxygen atoms in total. The first-order valence-electron chi connectivity index (χ1n) is 8.07. The molecule has 0 aliphatic heterocycles. The summed E-state index contributed by atoms with van der Waals surface area (Å²) in [7, 11) is 1.46. The lowest BCUT2D eigenvalue weighted by molar-refractivity contribution is -0.384. The van der Waals surface area contributed by atoms with Gasteiger partial charge in [-0.25, -0.2) is 0 Å². The molecule has 0 radical (unpaired) electrons. The summed E-state index contributed by atoms with van der Waals surface area (Å²) >= 11 is 0. The molecule has 1 heterocycles. The van der Waals surface area contributed by atoms with Gasteiger partial charge in [-0.2, -0.15) is 0 Å². The van der Waals surface area contributed by atoms with E-state index < -0.39 is 10.3 Å². The zero-order valence-electron chi connectivity index (χ0n) is 13.9. The fraction of sp³-hybridized carbons (Fsp3) is 0.333. The van der Waals surface area contributed by atoms with Gasteiger partial charge in [-0.3, -0.25) is 19.9 Å². The van der Waals surface area contributed by atoms with Crippen molar-refractivity contribution in [3.8, 4) is 16.9 Å². The van der Waals surface area contributed by atoms with E-state index >= 15 is 0 Å². The van der Waals surface area contributed by atoms with Gasteiger partial charge in [0.25, 0.3) is 5.69 Å². The van der Waals surface area contributed by atoms with Crippen LogP contribution in [0.1, 0.15) is 31.4 Å². The molecule has 7 heteroatoms. The summed E-state index contributed by atoms with van der Waals surface area (Å²) in [5.41, 5.74) is 6.49. The second-order valence-electron chi connectivity index (χ2n) is 6.22. The van der Waals surface area contributed by atoms with Crippen LogP contribution in [0.4, 0.5) is 5.69 Å². The Balaban J connectivity index is 2.11. The van der Waals surface area contributed by atoms with Crippen LogP contribution in [0.5, 0.6) is 5.75 Å². The van der Waals surface area contributed by atoms with Crippen LogP contribution in [0, 0.1) is 10.1 Å². The van der Waals surface area contributed by atoms with Crippen LogP contribution in [0.3, 0.4) is 0 Å². The summed E-state index contributed by atoms with van der Waals surface area (Å²) in [5.74, 6) is 0.0213. The Hall–Kier alpha value is -2.96. The normalized spacial score (nSPS) is 15.7. The Morgan fingerprint density at radius 3 is 2.60 bits per heavy atom. The summed E-state index contributed by atoms with van der Waals surface area (Å²) in [6.45, 7) is 0. The third-order valence-corrected chi connectivity index (χ3v) is 4.89. The smallest absolute Gasteiger partial charge is 0.280 e. The number of nitrogens with two attached hydrogens (primary N) is 1. The van der Waals surface area contributed by atoms with E-state index in [0.29, 0.717) is 35.4 Å². The van der Waals surface area contributed by atoms with Crippen molar-refractivity contribution in [1.29, 1.82) is 0 Å². The van der Waals surface area contributed by atoms with E-state index in [9.17, 15) is 14.9 Å². The Labute approximate surface area is 145 Å². The van der Waals surface area contributed by atoms with Crippen LogP contribution in [0.25, 0.3) is 11.1 Å². The van der Waals surface area contributed by atoms with Crippen LogP contribution >= 0.6 is 0 Å². The van der Waals surface area contributed by atoms with Crippen molar-refractivity contribution >= 4 is 11.6 Å². The van der Waals surface area contributed by atoms with E-state index in [0.717, 1.165) is 12.8 Å². The summed E-state index contributed by atoms with van der Waals surface area (Å²) in [6.07, 6.45) is 4.71. The molecule has 3 rings (SSSR count). The number of hydrogen-bond acceptors (Lipinski definition) is 5. The van der Waals surface area contributed by atoms with Crippen LogP contribution in [-0.2, 0) is 10.2 Å². The van der Waals surface area contributed by atoms with E-state index in [1.807, 2.05) is 0 Å². The number of primary amides is 1. The predicted octanol–water partition coefficient (Wildman–Crippen LogP) is 2.96. The molecule has 25 heavy (non-hydrogen) atoms. The van der Waals surface area contributed by atoms with Crippen molar-refractivity contribution in [3.05, 3.63) is 52.3 Å². The lowest BCUT2D eigenvalue weighted by Gasteiger charge is -2.24. The largest absolute Gasteiger partial charge is 0.497 e. The topological polar surface area (TPSA) is 108 Å². The van der Waals surface area contributed by atoms with Crippen molar-refractivity contribution in [3.63, 3.8) is 0 Å². The molecule has 0 atom stereocenters. The molecule has 2 aromatic rings. The third kappa shape index (κ3) is 2.93. The second kappa shape index (κ2) is 6.51. The SMILES string of the molecule is COc1ccc(-c2ccnc(C3(C(N)=O)CCCC3)c2)c([N+](=O)[O-])c1. The summed E-state index contributed by atoms with van der Waals surface area (Å²) in [6, 6.07) is 8.13. The number of rotatable bonds is 5. The highest BCUT2D eigenvalue weighted by Gasteiger charge is 2.42. The number of amides is 1. The molecule has 0 spiro atoms. The van der Waals surface area contributed by atoms with Crippen molar-refractivity contribution in [2.75, 3.05) is 7.11 Å². The molecule has 2 N–H and O–H groups in total. The van der Waals surface area contributed by atoms with Gasteiger partial charge in [0, 0.05) is 6.20 Å². The summed E-state index contributed by atoms with van der Waals surface area (Å²) < 4.78 is 5.07. The summed E-state index contributed by atoms with van der Waals surface area (Å²) in [4.78, 5) is 27.4. The van der Waals surface area contributed by atoms with Crippen molar-refractivity contribution in [2.45, 2.75) is 31.1 Å². The van der Waals surface area contributed by atoms with Crippen LogP contribution in [0.15, 0.2) is 36.5 Å². The first kappa shape index (κ1) is 16.9. The molecule has 1 fully saturated rings. The van der Waals surface area contributed by atoms with Gasteiger partial charge in [-0.1, -0.05) is 12.8 Å². The van der Waals surface area contributed by atoms with Crippen molar-refractivity contribution in [2.24, 2.45) is 5.73 Å². The zero-order chi connectivity index (χ0) is 18.0. The number of benzene rings is 1. The quantitative estimate of drug-likeness (QED) is 0.664. The molecular formula is C18H19N3O4. The number of nitrogens with zero attached hydrogens (tertiary/aromatic N) is 2. The molecule has 1 aromatic heterocycles. The van der Waals surface area contributed by atoms with Gasteiger partial charge < -0.3 is 10.5 Å². The molecular weight excluding hydrogens is 322 g/mol. The van der Waals surface area contributed by atoms with E-state index in [1.165, 1.54) is 13.2 Å². The minimum absolute atomic E-state index is 0.0592. The first-order chi connectivity index (χ1) is 12.0. The maximum Gasteiger partial charge on any atom is 0.280 e. The molecule has 0 saturated heterocycles. The van der Waals surface area contributed by atoms with E-state index in [-0.39, 0.29) is 11.6 Å². The van der Waals surface area contributed by atoms with Crippen LogP contribution in [0.2, 0.25) is 0 Å². The molecule has 1 amide bonds. The highest BCUT2D eigenvalue weighted by molar-refractivity contribution is 5.87. The molecule has 0 unspecified atom stereocenters. The fourth-order valence-corrected chi connectivity index (χ4v) is 3.50. The number of ether oxygens (including phenoxy) is 1. The Kier molecular flexibility index (Phi) is 4.39. The second-order valence-corrected chi connectivity index (χ2v) is 6.22. The molecule has 1 saturated carbocycles. The Bertz CT molecular complexity index is 829. The van der Waals surface area contributed by atoms with Gasteiger partial charge in [0.2, 0.25) is 5.91 Å². The fourth-order valence-electron chi connectivity index (χ4n) is 3.50. The van der Waals surface area contributed by atoms with Crippen molar-refractivity contribution < 1.29 is 14.5 Å². The van der Waals surface area contributed by atoms with Gasteiger partial charge in [-0.05, 0) is 42.7 Å². The van der Waals surface area contributed by atoms with Gasteiger partial charge in [-0.15, -0.1) is 0 Å². The highest BCUT2D eigenvalue weighted by atomic mass is 16.6. The van der Waals surface area contributed by atoms with Crippen LogP contribution in [-0.4, -0.2) is 22.9 Å². The third-order valence-electron chi connectivity index (χ3n) is 4.89. The van der Waals surface area contributed by atoms with E-state index in [1.54, 1.807) is 30.5 Å². The Morgan fingerprint density at radius 2 is 2.00 bits per heavy atom. The predicted molar refractivity (Wildman–Crippen MR) is 92.2 cm³/mol. The number of carbonyl (C=O) groups excluding carboxylic acids is 1. The first-order valence-corrected chi connectivity index (χ1v) is 8.07. The number of hydrogen-bond donors (Lipinski definition) is 1. The van der Waals surface area contributed by atoms with E-state index in [4.69, 9.17) is 10.5 Å². The highest BCUT2D eigenvalue weighted by Crippen LogP contribution is 2.42. The summed E-state index contributed by atoms with van der Waals surface area (Å²) in [5, 5.41) is 11.4. The maximum atomic E-state index is 12.1. The number of aromatic nitrogens is 1. The standard InChI is InChI=1S/C18H19N3O4/c1-25-13-4-5-14(15(11-13)21(23)24)12-6-9-20-16(10-12)18(17(19)22)7-2-3-8-18/h4-6,9-11H,2-3,7-8H2,1H3,(H2,19,22). The number of pyridine rings is 1. The minimum atomic E-state index is -0.780. The monoisotopic (exact) mass is 341 g/mol. The Morgan fingerprint density at radius 1 is 1.28 bits per heavy atom. The van der Waals surface area contributed by atoms with Crippen LogP contribution < -0.4 is 10.5 Å². The van der Waals surface area contributed by atoms with Gasteiger partial charge >= 0.3 is 0 Å². The lowest BCUT2D eigenvalue weighted by atomic mass is 9.80. The average molecular weight is 341 g/mol. The van der Waals surface area contributed by atoms with Crippen molar-refractivity contribution in [1.82, 2.24) is 4.98 Å². The number of nitro benzene ring substituents is 1. The number of methoxy groups -OCH3 is 1. The molecule has 1 aromatic carbocycles.